The Morgan fingerprint density at radius 1 is 1.40 bits per heavy atom. The molecule has 0 saturated heterocycles. The molecule has 0 spiro atoms. The molecule has 0 aliphatic heterocycles. The van der Waals surface area contributed by atoms with Gasteiger partial charge in [-0.3, -0.25) is 9.78 Å². The molecule has 2 heterocycles. The van der Waals surface area contributed by atoms with E-state index in [0.29, 0.717) is 5.56 Å². The number of furan rings is 1. The van der Waals surface area contributed by atoms with Gasteiger partial charge in [-0.05, 0) is 18.2 Å². The summed E-state index contributed by atoms with van der Waals surface area (Å²) in [4.78, 5) is 15.4. The molecule has 2 rings (SSSR count). The molecular weight excluding hydrogens is 192 g/mol. The maximum absolute atomic E-state index is 11.2. The molecule has 15 heavy (non-hydrogen) atoms. The first-order valence-corrected chi connectivity index (χ1v) is 4.52. The van der Waals surface area contributed by atoms with Crippen LogP contribution in [-0.2, 0) is 0 Å². The van der Waals surface area contributed by atoms with Gasteiger partial charge in [-0.1, -0.05) is 0 Å². The number of aromatic nitrogens is 1. The Kier molecular flexibility index (Phi) is 2.49. The lowest BCUT2D eigenvalue weighted by Crippen LogP contribution is -2.17. The van der Waals surface area contributed by atoms with Crippen molar-refractivity contribution in [1.82, 2.24) is 10.3 Å². The number of pyridine rings is 1. The predicted molar refractivity (Wildman–Crippen MR) is 55.3 cm³/mol. The monoisotopic (exact) mass is 202 g/mol. The first-order chi connectivity index (χ1) is 7.31. The number of carbonyl (C=O) groups is 1. The van der Waals surface area contributed by atoms with Gasteiger partial charge in [0.15, 0.2) is 0 Å². The zero-order chi connectivity index (χ0) is 10.7. The highest BCUT2D eigenvalue weighted by molar-refractivity contribution is 5.93. The second-order valence-electron chi connectivity index (χ2n) is 3.02. The SMILES string of the molecule is CNC(=O)c1ccc(-c2ccoc2)nc1. The van der Waals surface area contributed by atoms with Crippen LogP contribution in [0.5, 0.6) is 0 Å². The molecule has 76 valence electrons. The molecule has 2 aromatic rings. The Hall–Kier alpha value is -2.10. The van der Waals surface area contributed by atoms with Crippen molar-refractivity contribution in [3.8, 4) is 11.3 Å². The third-order valence-corrected chi connectivity index (χ3v) is 2.07. The van der Waals surface area contributed by atoms with Crippen LogP contribution in [-0.4, -0.2) is 17.9 Å². The molecule has 0 unspecified atom stereocenters. The van der Waals surface area contributed by atoms with Crippen molar-refractivity contribution in [1.29, 1.82) is 0 Å². The van der Waals surface area contributed by atoms with Crippen molar-refractivity contribution in [2.24, 2.45) is 0 Å². The van der Waals surface area contributed by atoms with E-state index < -0.39 is 0 Å². The lowest BCUT2D eigenvalue weighted by molar-refractivity contribution is 0.0963. The van der Waals surface area contributed by atoms with E-state index in [1.807, 2.05) is 6.07 Å². The summed E-state index contributed by atoms with van der Waals surface area (Å²) < 4.78 is 4.95. The summed E-state index contributed by atoms with van der Waals surface area (Å²) in [6.07, 6.45) is 4.74. The number of amides is 1. The fourth-order valence-electron chi connectivity index (χ4n) is 1.25. The molecule has 0 radical (unpaired) electrons. The topological polar surface area (TPSA) is 55.1 Å². The zero-order valence-electron chi connectivity index (χ0n) is 8.23. The Balaban J connectivity index is 2.29. The van der Waals surface area contributed by atoms with Gasteiger partial charge in [-0.2, -0.15) is 0 Å². The summed E-state index contributed by atoms with van der Waals surface area (Å²) in [6.45, 7) is 0. The molecule has 0 aliphatic carbocycles. The molecule has 0 aliphatic rings. The maximum Gasteiger partial charge on any atom is 0.252 e. The minimum Gasteiger partial charge on any atom is -0.472 e. The van der Waals surface area contributed by atoms with E-state index in [-0.39, 0.29) is 5.91 Å². The van der Waals surface area contributed by atoms with Gasteiger partial charge in [0.2, 0.25) is 0 Å². The minimum atomic E-state index is -0.138. The average Bonchev–Trinajstić information content (AvgIpc) is 2.82. The molecule has 4 nitrogen and oxygen atoms in total. The summed E-state index contributed by atoms with van der Waals surface area (Å²) >= 11 is 0. The molecular formula is C11H10N2O2. The molecule has 0 bridgehead atoms. The molecule has 0 atom stereocenters. The summed E-state index contributed by atoms with van der Waals surface area (Å²) in [5.74, 6) is -0.138. The zero-order valence-corrected chi connectivity index (χ0v) is 8.23. The van der Waals surface area contributed by atoms with Crippen LogP contribution >= 0.6 is 0 Å². The quantitative estimate of drug-likeness (QED) is 0.806. The molecule has 0 aromatic carbocycles. The molecule has 1 amide bonds. The number of nitrogens with one attached hydrogen (secondary N) is 1. The highest BCUT2D eigenvalue weighted by Crippen LogP contribution is 2.16. The molecule has 4 heteroatoms. The van der Waals surface area contributed by atoms with Gasteiger partial charge in [-0.15, -0.1) is 0 Å². The number of rotatable bonds is 2. The lowest BCUT2D eigenvalue weighted by atomic mass is 10.2. The van der Waals surface area contributed by atoms with Gasteiger partial charge in [0, 0.05) is 18.8 Å². The number of hydrogen-bond donors (Lipinski definition) is 1. The van der Waals surface area contributed by atoms with Crippen molar-refractivity contribution >= 4 is 5.91 Å². The van der Waals surface area contributed by atoms with Crippen molar-refractivity contribution in [2.75, 3.05) is 7.05 Å². The first-order valence-electron chi connectivity index (χ1n) is 4.52. The van der Waals surface area contributed by atoms with Gasteiger partial charge in [0.25, 0.3) is 5.91 Å². The highest BCUT2D eigenvalue weighted by Gasteiger charge is 2.04. The Morgan fingerprint density at radius 3 is 2.80 bits per heavy atom. The van der Waals surface area contributed by atoms with Gasteiger partial charge in [0.1, 0.15) is 0 Å². The molecule has 0 fully saturated rings. The number of nitrogens with zero attached hydrogens (tertiary/aromatic N) is 1. The number of carbonyl (C=O) groups excluding carboxylic acids is 1. The van der Waals surface area contributed by atoms with Crippen LogP contribution in [0.2, 0.25) is 0 Å². The van der Waals surface area contributed by atoms with Gasteiger partial charge in [0.05, 0.1) is 23.8 Å². The van der Waals surface area contributed by atoms with Crippen LogP contribution in [0.4, 0.5) is 0 Å². The predicted octanol–water partition coefficient (Wildman–Crippen LogP) is 1.70. The van der Waals surface area contributed by atoms with E-state index in [9.17, 15) is 4.79 Å². The smallest absolute Gasteiger partial charge is 0.252 e. The Morgan fingerprint density at radius 2 is 2.27 bits per heavy atom. The van der Waals surface area contributed by atoms with Gasteiger partial charge < -0.3 is 9.73 Å². The second-order valence-corrected chi connectivity index (χ2v) is 3.02. The maximum atomic E-state index is 11.2. The van der Waals surface area contributed by atoms with E-state index in [4.69, 9.17) is 4.42 Å². The van der Waals surface area contributed by atoms with Crippen molar-refractivity contribution < 1.29 is 9.21 Å². The van der Waals surface area contributed by atoms with E-state index in [1.54, 1.807) is 37.9 Å². The van der Waals surface area contributed by atoms with Crippen LogP contribution in [0.3, 0.4) is 0 Å². The van der Waals surface area contributed by atoms with Crippen LogP contribution in [0.1, 0.15) is 10.4 Å². The first kappa shape index (κ1) is 9.45. The Bertz CT molecular complexity index is 446. The molecule has 1 N–H and O–H groups in total. The van der Waals surface area contributed by atoms with Gasteiger partial charge >= 0.3 is 0 Å². The van der Waals surface area contributed by atoms with E-state index in [0.717, 1.165) is 11.3 Å². The normalized spacial score (nSPS) is 9.93. The van der Waals surface area contributed by atoms with Crippen molar-refractivity contribution in [3.05, 3.63) is 42.5 Å². The Labute approximate surface area is 86.9 Å². The average molecular weight is 202 g/mol. The van der Waals surface area contributed by atoms with Crippen LogP contribution in [0, 0.1) is 0 Å². The third kappa shape index (κ3) is 1.88. The summed E-state index contributed by atoms with van der Waals surface area (Å²) in [5.41, 5.74) is 2.24. The van der Waals surface area contributed by atoms with E-state index >= 15 is 0 Å². The van der Waals surface area contributed by atoms with E-state index in [1.165, 1.54) is 0 Å². The molecule has 0 saturated carbocycles. The van der Waals surface area contributed by atoms with Crippen LogP contribution in [0.15, 0.2) is 41.3 Å². The minimum absolute atomic E-state index is 0.138. The second kappa shape index (κ2) is 3.96. The standard InChI is InChI=1S/C11H10N2O2/c1-12-11(14)8-2-3-10(13-6-8)9-4-5-15-7-9/h2-7H,1H3,(H,12,14). The summed E-state index contributed by atoms with van der Waals surface area (Å²) in [6, 6.07) is 5.34. The largest absolute Gasteiger partial charge is 0.472 e. The van der Waals surface area contributed by atoms with Gasteiger partial charge in [-0.25, -0.2) is 0 Å². The van der Waals surface area contributed by atoms with Crippen LogP contribution < -0.4 is 5.32 Å². The van der Waals surface area contributed by atoms with Crippen molar-refractivity contribution in [2.45, 2.75) is 0 Å². The summed E-state index contributed by atoms with van der Waals surface area (Å²) in [7, 11) is 1.59. The summed E-state index contributed by atoms with van der Waals surface area (Å²) in [5, 5.41) is 2.54. The third-order valence-electron chi connectivity index (χ3n) is 2.07. The number of hydrogen-bond acceptors (Lipinski definition) is 3. The fourth-order valence-corrected chi connectivity index (χ4v) is 1.25. The highest BCUT2D eigenvalue weighted by atomic mass is 16.3. The molecule has 2 aromatic heterocycles. The fraction of sp³-hybridized carbons (Fsp3) is 0.0909. The lowest BCUT2D eigenvalue weighted by Gasteiger charge is -2.00. The van der Waals surface area contributed by atoms with E-state index in [2.05, 4.69) is 10.3 Å². The van der Waals surface area contributed by atoms with Crippen LogP contribution in [0.25, 0.3) is 11.3 Å². The van der Waals surface area contributed by atoms with Crippen molar-refractivity contribution in [3.63, 3.8) is 0 Å².